The van der Waals surface area contributed by atoms with Gasteiger partial charge < -0.3 is 10.1 Å². The number of carbonyl (C=O) groups is 2. The molecular weight excluding hydrogens is 356 g/mol. The standard InChI is InChI=1S/C18H15ClN4O3/c1-11-10-20-22-23(11)14-6-3-12(4-7-14)17(24)21-16-9-13(19)5-8-15(16)18(25)26-2/h3-10H,1-2H3,(H,21,24). The Balaban J connectivity index is 1.84. The summed E-state index contributed by atoms with van der Waals surface area (Å²) in [4.78, 5) is 24.4. The summed E-state index contributed by atoms with van der Waals surface area (Å²) in [6.45, 7) is 1.88. The number of methoxy groups -OCH3 is 1. The number of hydrogen-bond acceptors (Lipinski definition) is 5. The Labute approximate surface area is 154 Å². The van der Waals surface area contributed by atoms with E-state index in [0.29, 0.717) is 10.6 Å². The van der Waals surface area contributed by atoms with Gasteiger partial charge in [-0.15, -0.1) is 5.10 Å². The van der Waals surface area contributed by atoms with Gasteiger partial charge in [0.05, 0.1) is 35.9 Å². The predicted molar refractivity (Wildman–Crippen MR) is 96.8 cm³/mol. The molecule has 1 heterocycles. The molecule has 2 aromatic carbocycles. The Morgan fingerprint density at radius 3 is 2.50 bits per heavy atom. The van der Waals surface area contributed by atoms with Crippen LogP contribution < -0.4 is 5.32 Å². The van der Waals surface area contributed by atoms with Crippen molar-refractivity contribution in [1.82, 2.24) is 15.0 Å². The highest BCUT2D eigenvalue weighted by Crippen LogP contribution is 2.23. The number of aromatic nitrogens is 3. The van der Waals surface area contributed by atoms with Crippen molar-refractivity contribution in [3.8, 4) is 5.69 Å². The molecule has 7 nitrogen and oxygen atoms in total. The molecule has 0 aliphatic carbocycles. The van der Waals surface area contributed by atoms with E-state index in [9.17, 15) is 9.59 Å². The van der Waals surface area contributed by atoms with E-state index >= 15 is 0 Å². The first-order valence-corrected chi connectivity index (χ1v) is 8.04. The molecule has 0 spiro atoms. The topological polar surface area (TPSA) is 86.1 Å². The third kappa shape index (κ3) is 3.57. The zero-order chi connectivity index (χ0) is 18.7. The second-order valence-electron chi connectivity index (χ2n) is 5.47. The molecule has 0 atom stereocenters. The normalized spacial score (nSPS) is 10.4. The van der Waals surface area contributed by atoms with Gasteiger partial charge >= 0.3 is 5.97 Å². The number of esters is 1. The molecule has 0 saturated heterocycles. The number of halogens is 1. The van der Waals surface area contributed by atoms with Crippen LogP contribution in [0.5, 0.6) is 0 Å². The average molecular weight is 371 g/mol. The molecule has 3 rings (SSSR count). The van der Waals surface area contributed by atoms with Crippen molar-refractivity contribution in [2.75, 3.05) is 12.4 Å². The third-order valence-electron chi connectivity index (χ3n) is 3.73. The van der Waals surface area contributed by atoms with E-state index in [1.165, 1.54) is 19.2 Å². The smallest absolute Gasteiger partial charge is 0.339 e. The molecule has 0 aliphatic heterocycles. The molecule has 0 fully saturated rings. The number of nitrogens with zero attached hydrogens (tertiary/aromatic N) is 3. The summed E-state index contributed by atoms with van der Waals surface area (Å²) in [5.41, 5.74) is 2.59. The lowest BCUT2D eigenvalue weighted by Gasteiger charge is -2.11. The summed E-state index contributed by atoms with van der Waals surface area (Å²) in [6, 6.07) is 11.4. The number of anilines is 1. The molecule has 132 valence electrons. The molecule has 1 N–H and O–H groups in total. The predicted octanol–water partition coefficient (Wildman–Crippen LogP) is 3.27. The molecule has 0 radical (unpaired) electrons. The first-order valence-electron chi connectivity index (χ1n) is 7.66. The van der Waals surface area contributed by atoms with E-state index in [0.717, 1.165) is 11.4 Å². The second-order valence-corrected chi connectivity index (χ2v) is 5.91. The minimum Gasteiger partial charge on any atom is -0.465 e. The van der Waals surface area contributed by atoms with Gasteiger partial charge in [-0.2, -0.15) is 0 Å². The van der Waals surface area contributed by atoms with Crippen molar-refractivity contribution in [3.63, 3.8) is 0 Å². The summed E-state index contributed by atoms with van der Waals surface area (Å²) in [6.07, 6.45) is 1.65. The van der Waals surface area contributed by atoms with Crippen LogP contribution in [0.3, 0.4) is 0 Å². The van der Waals surface area contributed by atoms with E-state index in [1.807, 2.05) is 6.92 Å². The molecule has 8 heteroatoms. The van der Waals surface area contributed by atoms with Crippen LogP contribution in [0.1, 0.15) is 26.4 Å². The monoisotopic (exact) mass is 370 g/mol. The molecule has 0 bridgehead atoms. The van der Waals surface area contributed by atoms with Gasteiger partial charge in [-0.25, -0.2) is 9.48 Å². The Morgan fingerprint density at radius 2 is 1.88 bits per heavy atom. The second kappa shape index (κ2) is 7.37. The van der Waals surface area contributed by atoms with Gasteiger partial charge in [-0.1, -0.05) is 16.8 Å². The van der Waals surface area contributed by atoms with Crippen molar-refractivity contribution in [3.05, 3.63) is 70.5 Å². The molecule has 1 aromatic heterocycles. The summed E-state index contributed by atoms with van der Waals surface area (Å²) in [5.74, 6) is -0.937. The largest absolute Gasteiger partial charge is 0.465 e. The molecule has 0 saturated carbocycles. The Hall–Kier alpha value is -3.19. The van der Waals surface area contributed by atoms with E-state index in [4.69, 9.17) is 16.3 Å². The number of benzene rings is 2. The number of nitrogens with one attached hydrogen (secondary N) is 1. The summed E-state index contributed by atoms with van der Waals surface area (Å²) < 4.78 is 6.38. The highest BCUT2D eigenvalue weighted by atomic mass is 35.5. The van der Waals surface area contributed by atoms with Crippen molar-refractivity contribution in [1.29, 1.82) is 0 Å². The molecule has 1 amide bonds. The van der Waals surface area contributed by atoms with Crippen molar-refractivity contribution in [2.45, 2.75) is 6.92 Å². The van der Waals surface area contributed by atoms with Gasteiger partial charge in [0.25, 0.3) is 5.91 Å². The summed E-state index contributed by atoms with van der Waals surface area (Å²) in [7, 11) is 1.27. The van der Waals surface area contributed by atoms with Crippen LogP contribution in [0.2, 0.25) is 5.02 Å². The zero-order valence-corrected chi connectivity index (χ0v) is 14.8. The van der Waals surface area contributed by atoms with Gasteiger partial charge in [0.2, 0.25) is 0 Å². The quantitative estimate of drug-likeness (QED) is 0.712. The first-order chi connectivity index (χ1) is 12.5. The SMILES string of the molecule is COC(=O)c1ccc(Cl)cc1NC(=O)c1ccc(-n2nncc2C)cc1. The summed E-state index contributed by atoms with van der Waals surface area (Å²) >= 11 is 5.97. The van der Waals surface area contributed by atoms with Crippen LogP contribution in [-0.2, 0) is 4.74 Å². The van der Waals surface area contributed by atoms with Gasteiger partial charge in [0, 0.05) is 10.6 Å². The van der Waals surface area contributed by atoms with Crippen molar-refractivity contribution >= 4 is 29.2 Å². The van der Waals surface area contributed by atoms with Crippen LogP contribution >= 0.6 is 11.6 Å². The number of amides is 1. The minimum absolute atomic E-state index is 0.222. The van der Waals surface area contributed by atoms with Crippen LogP contribution in [0.4, 0.5) is 5.69 Å². The van der Waals surface area contributed by atoms with Gasteiger partial charge in [-0.3, -0.25) is 4.79 Å². The number of rotatable bonds is 4. The van der Waals surface area contributed by atoms with E-state index < -0.39 is 5.97 Å². The lowest BCUT2D eigenvalue weighted by Crippen LogP contribution is -2.15. The third-order valence-corrected chi connectivity index (χ3v) is 3.96. The van der Waals surface area contributed by atoms with Crippen molar-refractivity contribution < 1.29 is 14.3 Å². The highest BCUT2D eigenvalue weighted by Gasteiger charge is 2.15. The first kappa shape index (κ1) is 17.6. The fraction of sp³-hybridized carbons (Fsp3) is 0.111. The molecule has 26 heavy (non-hydrogen) atoms. The Kier molecular flexibility index (Phi) is 4.99. The fourth-order valence-corrected chi connectivity index (χ4v) is 2.57. The van der Waals surface area contributed by atoms with Crippen molar-refractivity contribution in [2.24, 2.45) is 0 Å². The van der Waals surface area contributed by atoms with Crippen LogP contribution in [-0.4, -0.2) is 34.0 Å². The van der Waals surface area contributed by atoms with Gasteiger partial charge in [0.15, 0.2) is 0 Å². The number of ether oxygens (including phenoxy) is 1. The minimum atomic E-state index is -0.561. The van der Waals surface area contributed by atoms with E-state index in [-0.39, 0.29) is 17.2 Å². The molecule has 0 aliphatic rings. The zero-order valence-electron chi connectivity index (χ0n) is 14.1. The van der Waals surface area contributed by atoms with E-state index in [2.05, 4.69) is 15.6 Å². The molecular formula is C18H15ClN4O3. The fourth-order valence-electron chi connectivity index (χ4n) is 2.40. The number of aryl methyl sites for hydroxylation is 1. The van der Waals surface area contributed by atoms with Gasteiger partial charge in [-0.05, 0) is 49.4 Å². The maximum atomic E-state index is 12.5. The number of carbonyl (C=O) groups excluding carboxylic acids is 2. The van der Waals surface area contributed by atoms with Gasteiger partial charge in [0.1, 0.15) is 0 Å². The highest BCUT2D eigenvalue weighted by molar-refractivity contribution is 6.31. The van der Waals surface area contributed by atoms with Crippen LogP contribution in [0.25, 0.3) is 5.69 Å². The summed E-state index contributed by atoms with van der Waals surface area (Å²) in [5, 5.41) is 10.9. The molecule has 0 unspecified atom stereocenters. The average Bonchev–Trinajstić information content (AvgIpc) is 3.07. The van der Waals surface area contributed by atoms with Crippen LogP contribution in [0.15, 0.2) is 48.7 Å². The maximum Gasteiger partial charge on any atom is 0.339 e. The number of hydrogen-bond donors (Lipinski definition) is 1. The Morgan fingerprint density at radius 1 is 1.15 bits per heavy atom. The maximum absolute atomic E-state index is 12.5. The van der Waals surface area contributed by atoms with E-state index in [1.54, 1.807) is 41.2 Å². The lowest BCUT2D eigenvalue weighted by atomic mass is 10.1. The van der Waals surface area contributed by atoms with Crippen LogP contribution in [0, 0.1) is 6.92 Å². The lowest BCUT2D eigenvalue weighted by molar-refractivity contribution is 0.0602. The molecule has 3 aromatic rings. The Bertz CT molecular complexity index is 967.